The number of unbranched alkanes of at least 4 members (excludes halogenated alkanes) is 37. The van der Waals surface area contributed by atoms with Crippen molar-refractivity contribution < 1.29 is 80.2 Å². The molecule has 0 amide bonds. The number of aliphatic hydroxyl groups is 1. The van der Waals surface area contributed by atoms with Gasteiger partial charge in [0.25, 0.3) is 0 Å². The predicted octanol–water partition coefficient (Wildman–Crippen LogP) is 20.6. The number of carbonyl (C=O) groups is 4. The summed E-state index contributed by atoms with van der Waals surface area (Å²) < 4.78 is 68.3. The van der Waals surface area contributed by atoms with Crippen molar-refractivity contribution in [2.24, 2.45) is 17.8 Å². The third-order valence-corrected chi connectivity index (χ3v) is 18.9. The van der Waals surface area contributed by atoms with Gasteiger partial charge in [-0.25, -0.2) is 9.13 Å². The highest BCUT2D eigenvalue weighted by atomic mass is 31.2. The minimum atomic E-state index is -4.95. The smallest absolute Gasteiger partial charge is 0.462 e. The number of ether oxygens (including phenoxy) is 4. The zero-order valence-electron chi connectivity index (χ0n) is 59.3. The number of carbonyl (C=O) groups excluding carboxylic acids is 4. The first-order valence-electron chi connectivity index (χ1n) is 37.4. The number of hydrogen-bond donors (Lipinski definition) is 3. The molecule has 0 spiro atoms. The molecule has 0 rings (SSSR count). The van der Waals surface area contributed by atoms with E-state index in [4.69, 9.17) is 37.0 Å². The van der Waals surface area contributed by atoms with Gasteiger partial charge >= 0.3 is 39.5 Å². The number of phosphoric ester groups is 2. The first-order valence-corrected chi connectivity index (χ1v) is 40.4. The summed E-state index contributed by atoms with van der Waals surface area (Å²) in [6, 6.07) is 0. The van der Waals surface area contributed by atoms with Crippen LogP contribution in [0.2, 0.25) is 0 Å². The molecule has 6 atom stereocenters. The molecule has 0 aliphatic rings. The van der Waals surface area contributed by atoms with E-state index in [2.05, 4.69) is 48.5 Å². The molecule has 0 fully saturated rings. The molecule has 0 aliphatic heterocycles. The van der Waals surface area contributed by atoms with Crippen LogP contribution < -0.4 is 0 Å². The monoisotopic (exact) mass is 1340 g/mol. The average molecular weight is 1340 g/mol. The summed E-state index contributed by atoms with van der Waals surface area (Å²) >= 11 is 0. The lowest BCUT2D eigenvalue weighted by Gasteiger charge is -2.21. The lowest BCUT2D eigenvalue weighted by molar-refractivity contribution is -0.161. The molecule has 91 heavy (non-hydrogen) atoms. The molecule has 0 aromatic carbocycles. The lowest BCUT2D eigenvalue weighted by Crippen LogP contribution is -2.30. The molecular weight excluding hydrogens is 1200 g/mol. The topological polar surface area (TPSA) is 237 Å². The molecule has 0 heterocycles. The Hall–Kier alpha value is -1.94. The summed E-state index contributed by atoms with van der Waals surface area (Å²) in [5, 5.41) is 10.6. The molecule has 0 aromatic heterocycles. The standard InChI is InChI=1S/C72H140O17P2/c1-8-10-11-12-13-14-20-26-32-41-48-55-71(76)89-68(60-83-70(75)54-47-40-35-34-38-45-52-65(7)9-2)62-87-91(80,81)85-58-66(73)57-84-90(78,79)86-61-67(59-82-69(74)53-46-39-31-28-23-25-30-37-44-51-64(5)6)88-72(77)56-49-42-33-27-22-19-17-15-16-18-21-24-29-36-43-50-63(3)4/h63-68,73H,8-62H2,1-7H3,(H,78,79)(H,80,81)/t65?,66-,67-,68-/m1/s1. The van der Waals surface area contributed by atoms with E-state index < -0.39 is 97.5 Å². The van der Waals surface area contributed by atoms with Gasteiger partial charge in [0.1, 0.15) is 19.3 Å². The second kappa shape index (κ2) is 62.8. The maximum absolute atomic E-state index is 13.0. The van der Waals surface area contributed by atoms with Crippen LogP contribution in [0.4, 0.5) is 0 Å². The van der Waals surface area contributed by atoms with E-state index in [1.807, 2.05) is 0 Å². The Morgan fingerprint density at radius 1 is 0.319 bits per heavy atom. The SMILES string of the molecule is CCCCCCCCCCCCCC(=O)O[C@H](COC(=O)CCCCCCCCC(C)CC)COP(=O)(O)OC[C@H](O)COP(=O)(O)OC[C@@H](COC(=O)CCCCCCCCCCCC(C)C)OC(=O)CCCCCCCCCCCCCCCCCC(C)C. The van der Waals surface area contributed by atoms with Gasteiger partial charge in [-0.05, 0) is 43.4 Å². The zero-order valence-corrected chi connectivity index (χ0v) is 61.1. The summed E-state index contributed by atoms with van der Waals surface area (Å²) in [5.74, 6) is 0.153. The highest BCUT2D eigenvalue weighted by Crippen LogP contribution is 2.45. The summed E-state index contributed by atoms with van der Waals surface area (Å²) in [6.07, 6.45) is 47.2. The number of aliphatic hydroxyl groups excluding tert-OH is 1. The first-order chi connectivity index (χ1) is 43.8. The van der Waals surface area contributed by atoms with Gasteiger partial charge in [-0.2, -0.15) is 0 Å². The average Bonchev–Trinajstić information content (AvgIpc) is 3.68. The largest absolute Gasteiger partial charge is 0.472 e. The summed E-state index contributed by atoms with van der Waals surface area (Å²) in [7, 11) is -9.90. The quantitative estimate of drug-likeness (QED) is 0.0222. The fourth-order valence-electron chi connectivity index (χ4n) is 10.9. The molecule has 3 N–H and O–H groups in total. The van der Waals surface area contributed by atoms with Gasteiger partial charge in [-0.1, -0.05) is 312 Å². The molecule has 17 nitrogen and oxygen atoms in total. The lowest BCUT2D eigenvalue weighted by atomic mass is 10.00. The Balaban J connectivity index is 5.23. The van der Waals surface area contributed by atoms with Crippen molar-refractivity contribution in [1.82, 2.24) is 0 Å². The van der Waals surface area contributed by atoms with Crippen molar-refractivity contribution in [3.63, 3.8) is 0 Å². The Bertz CT molecular complexity index is 1790. The minimum absolute atomic E-state index is 0.106. The molecule has 0 radical (unpaired) electrons. The second-order valence-corrected chi connectivity index (χ2v) is 30.1. The van der Waals surface area contributed by atoms with Gasteiger partial charge in [-0.15, -0.1) is 0 Å². The van der Waals surface area contributed by atoms with Crippen molar-refractivity contribution in [2.45, 2.75) is 381 Å². The molecule has 0 bridgehead atoms. The fraction of sp³-hybridized carbons (Fsp3) is 0.944. The van der Waals surface area contributed by atoms with Crippen LogP contribution in [0.1, 0.15) is 363 Å². The maximum Gasteiger partial charge on any atom is 0.472 e. The zero-order chi connectivity index (χ0) is 67.3. The van der Waals surface area contributed by atoms with Crippen LogP contribution in [0.15, 0.2) is 0 Å². The number of esters is 4. The molecule has 0 aliphatic carbocycles. The van der Waals surface area contributed by atoms with E-state index in [0.29, 0.717) is 25.7 Å². The van der Waals surface area contributed by atoms with E-state index in [1.165, 1.54) is 167 Å². The number of rotatable bonds is 70. The highest BCUT2D eigenvalue weighted by molar-refractivity contribution is 7.47. The minimum Gasteiger partial charge on any atom is -0.462 e. The normalized spacial score (nSPS) is 14.5. The van der Waals surface area contributed by atoms with Crippen LogP contribution in [0, 0.1) is 17.8 Å². The van der Waals surface area contributed by atoms with E-state index in [9.17, 15) is 43.2 Å². The molecule has 0 aromatic rings. The number of phosphoric acid groups is 2. The van der Waals surface area contributed by atoms with Crippen molar-refractivity contribution in [1.29, 1.82) is 0 Å². The van der Waals surface area contributed by atoms with E-state index in [-0.39, 0.29) is 25.7 Å². The molecule has 3 unspecified atom stereocenters. The summed E-state index contributed by atoms with van der Waals surface area (Å²) in [6.45, 7) is 11.8. The molecule has 540 valence electrons. The third-order valence-electron chi connectivity index (χ3n) is 17.0. The highest BCUT2D eigenvalue weighted by Gasteiger charge is 2.30. The number of hydrogen-bond acceptors (Lipinski definition) is 15. The third kappa shape index (κ3) is 65.1. The van der Waals surface area contributed by atoms with E-state index in [0.717, 1.165) is 114 Å². The van der Waals surface area contributed by atoms with Crippen molar-refractivity contribution in [2.75, 3.05) is 39.6 Å². The second-order valence-electron chi connectivity index (χ2n) is 27.2. The maximum atomic E-state index is 13.0. The molecule has 0 saturated carbocycles. The summed E-state index contributed by atoms with van der Waals surface area (Å²) in [4.78, 5) is 72.6. The van der Waals surface area contributed by atoms with Crippen LogP contribution in [0.5, 0.6) is 0 Å². The van der Waals surface area contributed by atoms with Gasteiger partial charge in [0.15, 0.2) is 12.2 Å². The van der Waals surface area contributed by atoms with Crippen LogP contribution >= 0.6 is 15.6 Å². The van der Waals surface area contributed by atoms with Crippen molar-refractivity contribution in [3.05, 3.63) is 0 Å². The van der Waals surface area contributed by atoms with Crippen LogP contribution in [-0.2, 0) is 65.4 Å². The molecular formula is C72H140O17P2. The summed E-state index contributed by atoms with van der Waals surface area (Å²) in [5.41, 5.74) is 0. The van der Waals surface area contributed by atoms with Gasteiger partial charge in [-0.3, -0.25) is 37.3 Å². The van der Waals surface area contributed by atoms with Crippen LogP contribution in [-0.4, -0.2) is 96.7 Å². The van der Waals surface area contributed by atoms with Crippen molar-refractivity contribution >= 4 is 39.5 Å². The predicted molar refractivity (Wildman–Crippen MR) is 368 cm³/mol. The van der Waals surface area contributed by atoms with Gasteiger partial charge < -0.3 is 33.8 Å². The van der Waals surface area contributed by atoms with Gasteiger partial charge in [0, 0.05) is 25.7 Å². The van der Waals surface area contributed by atoms with Crippen LogP contribution in [0.3, 0.4) is 0 Å². The van der Waals surface area contributed by atoms with Crippen molar-refractivity contribution in [3.8, 4) is 0 Å². The van der Waals surface area contributed by atoms with E-state index >= 15 is 0 Å². The first kappa shape index (κ1) is 89.1. The Labute approximate surface area is 556 Å². The molecule has 19 heteroatoms. The Kier molecular flexibility index (Phi) is 61.5. The Morgan fingerprint density at radius 2 is 0.560 bits per heavy atom. The van der Waals surface area contributed by atoms with Crippen LogP contribution in [0.25, 0.3) is 0 Å². The fourth-order valence-corrected chi connectivity index (χ4v) is 12.4. The van der Waals surface area contributed by atoms with E-state index in [1.54, 1.807) is 0 Å². The molecule has 0 saturated heterocycles. The van der Waals surface area contributed by atoms with Gasteiger partial charge in [0.05, 0.1) is 26.4 Å². The Morgan fingerprint density at radius 3 is 0.835 bits per heavy atom. The van der Waals surface area contributed by atoms with Gasteiger partial charge in [0.2, 0.25) is 0 Å².